The number of anilines is 6. The maximum atomic E-state index is 6.95. The smallest absolute Gasteiger partial charge is 0.139 e. The molecule has 0 radical (unpaired) electrons. The van der Waals surface area contributed by atoms with Gasteiger partial charge in [-0.2, -0.15) is 0 Å². The third-order valence-corrected chi connectivity index (χ3v) is 12.9. The molecule has 0 aliphatic heterocycles. The Balaban J connectivity index is 1.06. The fourth-order valence-corrected chi connectivity index (χ4v) is 9.45. The molecular formula is C57H46N2O2. The predicted octanol–water partition coefficient (Wildman–Crippen LogP) is 17.1. The van der Waals surface area contributed by atoms with E-state index in [0.29, 0.717) is 0 Å². The topological polar surface area (TPSA) is 32.8 Å². The fraction of sp³-hybridized carbons (Fsp3) is 0.123. The molecule has 4 nitrogen and oxygen atoms in total. The lowest BCUT2D eigenvalue weighted by Crippen LogP contribution is -2.11. The normalized spacial score (nSPS) is 11.9. The number of nitrogens with zero attached hydrogens (tertiary/aromatic N) is 2. The summed E-state index contributed by atoms with van der Waals surface area (Å²) in [5.41, 5.74) is 16.6. The van der Waals surface area contributed by atoms with E-state index in [4.69, 9.17) is 8.83 Å². The van der Waals surface area contributed by atoms with E-state index in [0.717, 1.165) is 82.8 Å². The highest BCUT2D eigenvalue weighted by atomic mass is 16.3. The van der Waals surface area contributed by atoms with Crippen LogP contribution in [0, 0.1) is 27.7 Å². The molecule has 0 fully saturated rings. The largest absolute Gasteiger partial charge is 0.456 e. The van der Waals surface area contributed by atoms with Gasteiger partial charge in [-0.15, -0.1) is 0 Å². The number of para-hydroxylation sites is 2. The molecule has 0 aliphatic carbocycles. The highest BCUT2D eigenvalue weighted by Gasteiger charge is 2.24. The van der Waals surface area contributed by atoms with E-state index in [1.54, 1.807) is 0 Å². The first-order chi connectivity index (χ1) is 29.7. The van der Waals surface area contributed by atoms with Crippen LogP contribution in [0.1, 0.15) is 47.6 Å². The first kappa shape index (κ1) is 36.8. The monoisotopic (exact) mass is 790 g/mol. The van der Waals surface area contributed by atoms with E-state index in [1.165, 1.54) is 44.6 Å². The average Bonchev–Trinajstić information content (AvgIpc) is 3.81. The lowest BCUT2D eigenvalue weighted by atomic mass is 9.93. The quantitative estimate of drug-likeness (QED) is 0.161. The molecule has 0 saturated carbocycles. The molecule has 2 aromatic heterocycles. The van der Waals surface area contributed by atoms with E-state index >= 15 is 0 Å². The summed E-state index contributed by atoms with van der Waals surface area (Å²) in [4.78, 5) is 4.71. The molecule has 2 heterocycles. The summed E-state index contributed by atoms with van der Waals surface area (Å²) in [5.74, 6) is 0.195. The Morgan fingerprint density at radius 2 is 0.902 bits per heavy atom. The van der Waals surface area contributed by atoms with Crippen LogP contribution < -0.4 is 9.80 Å². The first-order valence-electron chi connectivity index (χ1n) is 21.3. The summed E-state index contributed by atoms with van der Waals surface area (Å²) >= 11 is 0. The van der Waals surface area contributed by atoms with Crippen molar-refractivity contribution in [2.75, 3.05) is 9.80 Å². The van der Waals surface area contributed by atoms with E-state index in [2.05, 4.69) is 215 Å². The summed E-state index contributed by atoms with van der Waals surface area (Å²) in [6, 6.07) is 59.1. The summed E-state index contributed by atoms with van der Waals surface area (Å²) in [5, 5.41) is 9.00. The summed E-state index contributed by atoms with van der Waals surface area (Å²) in [7, 11) is 0. The van der Waals surface area contributed by atoms with E-state index in [9.17, 15) is 0 Å². The molecular weight excluding hydrogens is 745 g/mol. The summed E-state index contributed by atoms with van der Waals surface area (Å²) < 4.78 is 13.8. The molecule has 0 aliphatic rings. The Morgan fingerprint density at radius 3 is 1.43 bits per heavy atom. The van der Waals surface area contributed by atoms with Gasteiger partial charge in [0.1, 0.15) is 22.3 Å². The van der Waals surface area contributed by atoms with Gasteiger partial charge in [0.2, 0.25) is 0 Å². The minimum Gasteiger partial charge on any atom is -0.456 e. The van der Waals surface area contributed by atoms with Crippen molar-refractivity contribution in [3.63, 3.8) is 0 Å². The van der Waals surface area contributed by atoms with Crippen LogP contribution >= 0.6 is 0 Å². The maximum Gasteiger partial charge on any atom is 0.139 e. The Morgan fingerprint density at radius 1 is 0.393 bits per heavy atom. The number of hydrogen-bond donors (Lipinski definition) is 0. The van der Waals surface area contributed by atoms with Crippen molar-refractivity contribution >= 4 is 99.5 Å². The standard InChI is InChI=1S/C57H46N2O2/c1-34(2)55-56-49-30-40-24-26-46(59(44-19-11-8-12-20-44)51-22-14-16-36(4)38(51)6)28-42(40)32-53(49)60-54(56)33-48-47-29-39-23-25-45(27-41(39)31-52(47)61-57(48)55)58(43-17-9-7-10-18-43)50-21-13-15-35(3)37(50)5/h7-34H,1-6H3. The SMILES string of the molecule is Cc1cccc(N(c2ccccc2)c2ccc3cc4c(cc3c2)oc2c(C(C)C)c3c(cc24)oc2cc4cc(N(c5ccccc5)c5cccc(C)c5C)ccc4cc23)c1C. The van der Waals surface area contributed by atoms with Gasteiger partial charge in [0.25, 0.3) is 0 Å². The Bertz CT molecular complexity index is 3390. The number of furan rings is 2. The molecule has 0 saturated heterocycles. The van der Waals surface area contributed by atoms with E-state index in [-0.39, 0.29) is 5.92 Å². The van der Waals surface area contributed by atoms with Crippen LogP contribution in [-0.4, -0.2) is 0 Å². The summed E-state index contributed by atoms with van der Waals surface area (Å²) in [6.45, 7) is 13.3. The maximum absolute atomic E-state index is 6.95. The van der Waals surface area contributed by atoms with Gasteiger partial charge in [-0.3, -0.25) is 0 Å². The van der Waals surface area contributed by atoms with Crippen molar-refractivity contribution in [3.05, 3.63) is 192 Å². The predicted molar refractivity (Wildman–Crippen MR) is 258 cm³/mol. The van der Waals surface area contributed by atoms with Crippen LogP contribution in [0.5, 0.6) is 0 Å². The van der Waals surface area contributed by atoms with Crippen LogP contribution in [0.15, 0.2) is 173 Å². The Hall–Kier alpha value is -7.30. The second-order valence-corrected chi connectivity index (χ2v) is 16.9. The number of aryl methyl sites for hydroxylation is 2. The second kappa shape index (κ2) is 14.2. The van der Waals surface area contributed by atoms with Gasteiger partial charge in [0, 0.05) is 61.2 Å². The fourth-order valence-electron chi connectivity index (χ4n) is 9.45. The lowest BCUT2D eigenvalue weighted by molar-refractivity contribution is 0.655. The Kier molecular flexibility index (Phi) is 8.54. The van der Waals surface area contributed by atoms with Gasteiger partial charge in [0.15, 0.2) is 0 Å². The van der Waals surface area contributed by atoms with Gasteiger partial charge in [-0.05, 0) is 168 Å². The number of hydrogen-bond acceptors (Lipinski definition) is 4. The molecule has 0 bridgehead atoms. The van der Waals surface area contributed by atoms with Gasteiger partial charge in [0.05, 0.1) is 0 Å². The number of benzene rings is 9. The Labute approximate surface area is 355 Å². The zero-order valence-electron chi connectivity index (χ0n) is 35.4. The van der Waals surface area contributed by atoms with Crippen LogP contribution in [0.4, 0.5) is 34.1 Å². The zero-order chi connectivity index (χ0) is 41.5. The van der Waals surface area contributed by atoms with Gasteiger partial charge < -0.3 is 18.6 Å². The molecule has 9 aromatic carbocycles. The van der Waals surface area contributed by atoms with Crippen molar-refractivity contribution < 1.29 is 8.83 Å². The molecule has 4 heteroatoms. The third kappa shape index (κ3) is 5.96. The molecule has 0 amide bonds. The van der Waals surface area contributed by atoms with Gasteiger partial charge in [-0.1, -0.05) is 86.6 Å². The minimum atomic E-state index is 0.195. The zero-order valence-corrected chi connectivity index (χ0v) is 35.4. The second-order valence-electron chi connectivity index (χ2n) is 16.9. The molecule has 11 rings (SSSR count). The van der Waals surface area contributed by atoms with Gasteiger partial charge >= 0.3 is 0 Å². The van der Waals surface area contributed by atoms with Crippen molar-refractivity contribution in [2.45, 2.75) is 47.5 Å². The lowest BCUT2D eigenvalue weighted by Gasteiger charge is -2.28. The first-order valence-corrected chi connectivity index (χ1v) is 21.3. The molecule has 0 N–H and O–H groups in total. The van der Waals surface area contributed by atoms with Crippen LogP contribution in [0.2, 0.25) is 0 Å². The van der Waals surface area contributed by atoms with Crippen molar-refractivity contribution in [3.8, 4) is 0 Å². The summed E-state index contributed by atoms with van der Waals surface area (Å²) in [6.07, 6.45) is 0. The van der Waals surface area contributed by atoms with Gasteiger partial charge in [-0.25, -0.2) is 0 Å². The van der Waals surface area contributed by atoms with Crippen molar-refractivity contribution in [1.82, 2.24) is 0 Å². The highest BCUT2D eigenvalue weighted by Crippen LogP contribution is 2.46. The molecule has 11 aromatic rings. The van der Waals surface area contributed by atoms with Crippen LogP contribution in [0.25, 0.3) is 65.4 Å². The molecule has 0 spiro atoms. The highest BCUT2D eigenvalue weighted by molar-refractivity contribution is 6.20. The van der Waals surface area contributed by atoms with E-state index in [1.807, 2.05) is 0 Å². The van der Waals surface area contributed by atoms with E-state index < -0.39 is 0 Å². The van der Waals surface area contributed by atoms with Crippen LogP contribution in [0.3, 0.4) is 0 Å². The third-order valence-electron chi connectivity index (χ3n) is 12.9. The molecule has 296 valence electrons. The molecule has 61 heavy (non-hydrogen) atoms. The number of rotatable bonds is 7. The number of fused-ring (bicyclic) bond motifs is 8. The average molecular weight is 791 g/mol. The minimum absolute atomic E-state index is 0.195. The van der Waals surface area contributed by atoms with Crippen molar-refractivity contribution in [2.24, 2.45) is 0 Å². The molecule has 0 unspecified atom stereocenters. The molecule has 0 atom stereocenters. The van der Waals surface area contributed by atoms with Crippen molar-refractivity contribution in [1.29, 1.82) is 0 Å². The van der Waals surface area contributed by atoms with Crippen LogP contribution in [-0.2, 0) is 0 Å².